The van der Waals surface area contributed by atoms with E-state index in [2.05, 4.69) is 10.1 Å². The van der Waals surface area contributed by atoms with Gasteiger partial charge in [-0.25, -0.2) is 18.1 Å². The summed E-state index contributed by atoms with van der Waals surface area (Å²) in [4.78, 5) is 3.62. The van der Waals surface area contributed by atoms with Crippen LogP contribution in [0.3, 0.4) is 0 Å². The van der Waals surface area contributed by atoms with E-state index in [0.29, 0.717) is 5.69 Å². The van der Waals surface area contributed by atoms with Crippen LogP contribution in [0, 0.1) is 0 Å². The molecule has 0 saturated carbocycles. The van der Waals surface area contributed by atoms with Crippen LogP contribution in [0.5, 0.6) is 0 Å². The van der Waals surface area contributed by atoms with E-state index < -0.39 is 9.05 Å². The van der Waals surface area contributed by atoms with Crippen molar-refractivity contribution in [1.82, 2.24) is 14.8 Å². The number of rotatable bonds is 2. The molecule has 0 unspecified atom stereocenters. The summed E-state index contributed by atoms with van der Waals surface area (Å²) in [6.45, 7) is 0. The molecule has 2 aromatic rings. The molecule has 5 nitrogen and oxygen atoms in total. The number of benzene rings is 1. The van der Waals surface area contributed by atoms with Gasteiger partial charge in [-0.3, -0.25) is 0 Å². The van der Waals surface area contributed by atoms with Gasteiger partial charge in [0.2, 0.25) is 0 Å². The molecule has 0 fully saturated rings. The summed E-state index contributed by atoms with van der Waals surface area (Å²) < 4.78 is 24.0. The molecular formula is C8H5Cl2N3O2S. The number of hydrogen-bond donors (Lipinski definition) is 0. The molecule has 0 N–H and O–H groups in total. The highest BCUT2D eigenvalue weighted by atomic mass is 35.7. The van der Waals surface area contributed by atoms with Crippen LogP contribution in [-0.4, -0.2) is 23.2 Å². The Morgan fingerprint density at radius 2 is 2.06 bits per heavy atom. The lowest BCUT2D eigenvalue weighted by atomic mass is 10.3. The van der Waals surface area contributed by atoms with Crippen molar-refractivity contribution >= 4 is 31.3 Å². The van der Waals surface area contributed by atoms with E-state index in [4.69, 9.17) is 22.3 Å². The Kier molecular flexibility index (Phi) is 2.88. The summed E-state index contributed by atoms with van der Waals surface area (Å²) in [6.07, 6.45) is 2.66. The summed E-state index contributed by atoms with van der Waals surface area (Å²) >= 11 is 5.72. The first-order valence-electron chi connectivity index (χ1n) is 4.08. The first-order valence-corrected chi connectivity index (χ1v) is 6.76. The van der Waals surface area contributed by atoms with E-state index in [1.54, 1.807) is 6.07 Å². The molecule has 0 bridgehead atoms. The van der Waals surface area contributed by atoms with Crippen LogP contribution >= 0.6 is 22.3 Å². The van der Waals surface area contributed by atoms with Crippen LogP contribution in [-0.2, 0) is 9.05 Å². The van der Waals surface area contributed by atoms with Gasteiger partial charge in [0.1, 0.15) is 17.6 Å². The molecule has 16 heavy (non-hydrogen) atoms. The van der Waals surface area contributed by atoms with Crippen molar-refractivity contribution in [3.05, 3.63) is 35.9 Å². The Labute approximate surface area is 101 Å². The third kappa shape index (κ3) is 2.18. The number of hydrogen-bond acceptors (Lipinski definition) is 4. The molecule has 1 aromatic heterocycles. The van der Waals surface area contributed by atoms with E-state index in [9.17, 15) is 8.42 Å². The molecule has 0 aliphatic carbocycles. The fourth-order valence-electron chi connectivity index (χ4n) is 1.21. The molecule has 0 aliphatic rings. The van der Waals surface area contributed by atoms with E-state index in [-0.39, 0.29) is 9.92 Å². The highest BCUT2D eigenvalue weighted by molar-refractivity contribution is 8.13. The average molecular weight is 278 g/mol. The maximum atomic E-state index is 11.3. The van der Waals surface area contributed by atoms with Crippen molar-refractivity contribution in [2.45, 2.75) is 4.90 Å². The summed E-state index contributed by atoms with van der Waals surface area (Å²) in [5.41, 5.74) is 0.303. The van der Waals surface area contributed by atoms with Gasteiger partial charge in [-0.1, -0.05) is 11.6 Å². The SMILES string of the molecule is O=S(=O)(Cl)c1cc(Cl)ccc1-n1cncn1. The Bertz CT molecular complexity index is 610. The third-order valence-electron chi connectivity index (χ3n) is 1.85. The third-order valence-corrected chi connectivity index (χ3v) is 3.44. The summed E-state index contributed by atoms with van der Waals surface area (Å²) in [6, 6.07) is 4.32. The summed E-state index contributed by atoms with van der Waals surface area (Å²) in [5, 5.41) is 4.11. The molecule has 1 aromatic carbocycles. The second kappa shape index (κ2) is 4.04. The van der Waals surface area contributed by atoms with E-state index in [1.807, 2.05) is 0 Å². The van der Waals surface area contributed by atoms with Crippen molar-refractivity contribution in [2.24, 2.45) is 0 Å². The Balaban J connectivity index is 2.72. The van der Waals surface area contributed by atoms with Gasteiger partial charge in [0, 0.05) is 15.7 Å². The molecule has 0 radical (unpaired) electrons. The summed E-state index contributed by atoms with van der Waals surface area (Å²) in [7, 11) is 1.42. The first kappa shape index (κ1) is 11.4. The fraction of sp³-hybridized carbons (Fsp3) is 0. The lowest BCUT2D eigenvalue weighted by Gasteiger charge is -2.06. The number of aromatic nitrogens is 3. The van der Waals surface area contributed by atoms with Crippen molar-refractivity contribution in [3.8, 4) is 5.69 Å². The van der Waals surface area contributed by atoms with Crippen molar-refractivity contribution in [1.29, 1.82) is 0 Å². The molecule has 2 rings (SSSR count). The maximum absolute atomic E-state index is 11.3. The van der Waals surface area contributed by atoms with E-state index >= 15 is 0 Å². The normalized spacial score (nSPS) is 11.6. The van der Waals surface area contributed by atoms with Crippen LogP contribution in [0.15, 0.2) is 35.7 Å². The van der Waals surface area contributed by atoms with Gasteiger partial charge in [0.05, 0.1) is 5.69 Å². The van der Waals surface area contributed by atoms with E-state index in [0.717, 1.165) is 0 Å². The zero-order chi connectivity index (χ0) is 11.8. The lowest BCUT2D eigenvalue weighted by Crippen LogP contribution is -2.02. The molecule has 8 heteroatoms. The van der Waals surface area contributed by atoms with Crippen molar-refractivity contribution in [3.63, 3.8) is 0 Å². The minimum absolute atomic E-state index is 0.104. The van der Waals surface area contributed by atoms with Gasteiger partial charge < -0.3 is 0 Å². The van der Waals surface area contributed by atoms with Gasteiger partial charge in [0.15, 0.2) is 0 Å². The second-order valence-electron chi connectivity index (χ2n) is 2.89. The highest BCUT2D eigenvalue weighted by Crippen LogP contribution is 2.26. The van der Waals surface area contributed by atoms with Crippen molar-refractivity contribution < 1.29 is 8.42 Å². The monoisotopic (exact) mass is 277 g/mol. The minimum atomic E-state index is -3.88. The molecule has 0 spiro atoms. The lowest BCUT2D eigenvalue weighted by molar-refractivity contribution is 0.608. The Morgan fingerprint density at radius 1 is 1.31 bits per heavy atom. The van der Waals surface area contributed by atoms with Crippen LogP contribution in [0.25, 0.3) is 5.69 Å². The minimum Gasteiger partial charge on any atom is -0.223 e. The zero-order valence-electron chi connectivity index (χ0n) is 7.71. The predicted octanol–water partition coefficient (Wildman–Crippen LogP) is 1.85. The fourth-order valence-corrected chi connectivity index (χ4v) is 2.49. The second-order valence-corrected chi connectivity index (χ2v) is 5.86. The van der Waals surface area contributed by atoms with Gasteiger partial charge in [-0.15, -0.1) is 0 Å². The molecule has 84 valence electrons. The van der Waals surface area contributed by atoms with Crippen LogP contribution in [0.4, 0.5) is 0 Å². The van der Waals surface area contributed by atoms with Gasteiger partial charge in [-0.05, 0) is 18.2 Å². The maximum Gasteiger partial charge on any atom is 0.263 e. The number of nitrogens with zero attached hydrogens (tertiary/aromatic N) is 3. The van der Waals surface area contributed by atoms with Crippen LogP contribution in [0.1, 0.15) is 0 Å². The molecule has 1 heterocycles. The molecule has 0 amide bonds. The predicted molar refractivity (Wildman–Crippen MR) is 59.4 cm³/mol. The molecule has 0 aliphatic heterocycles. The molecule has 0 atom stereocenters. The largest absolute Gasteiger partial charge is 0.263 e. The quantitative estimate of drug-likeness (QED) is 0.786. The topological polar surface area (TPSA) is 64.8 Å². The Hall–Kier alpha value is -1.11. The standard InChI is InChI=1S/C8H5Cl2N3O2S/c9-6-1-2-7(13-5-11-4-12-13)8(3-6)16(10,14)15/h1-5H. The number of halogens is 2. The smallest absolute Gasteiger partial charge is 0.223 e. The van der Waals surface area contributed by atoms with Gasteiger partial charge >= 0.3 is 0 Å². The zero-order valence-corrected chi connectivity index (χ0v) is 10.0. The van der Waals surface area contributed by atoms with Gasteiger partial charge in [-0.2, -0.15) is 5.10 Å². The van der Waals surface area contributed by atoms with Crippen LogP contribution in [0.2, 0.25) is 5.02 Å². The molecule has 0 saturated heterocycles. The van der Waals surface area contributed by atoms with Crippen molar-refractivity contribution in [2.75, 3.05) is 0 Å². The first-order chi connectivity index (χ1) is 7.48. The highest BCUT2D eigenvalue weighted by Gasteiger charge is 2.17. The van der Waals surface area contributed by atoms with Crippen LogP contribution < -0.4 is 0 Å². The van der Waals surface area contributed by atoms with Gasteiger partial charge in [0.25, 0.3) is 9.05 Å². The Morgan fingerprint density at radius 3 is 2.62 bits per heavy atom. The van der Waals surface area contributed by atoms with E-state index in [1.165, 1.54) is 29.5 Å². The summed E-state index contributed by atoms with van der Waals surface area (Å²) in [5.74, 6) is 0. The average Bonchev–Trinajstić information content (AvgIpc) is 2.69. The molecular weight excluding hydrogens is 273 g/mol.